The van der Waals surface area contributed by atoms with Crippen LogP contribution in [0.5, 0.6) is 0 Å². The second-order valence-corrected chi connectivity index (χ2v) is 14.2. The minimum atomic E-state index is -0.873. The van der Waals surface area contributed by atoms with Gasteiger partial charge in [-0.3, -0.25) is 14.6 Å². The highest BCUT2D eigenvalue weighted by Gasteiger charge is 2.33. The minimum Gasteiger partial charge on any atom is -0.478 e. The van der Waals surface area contributed by atoms with Crippen LogP contribution in [0.25, 0.3) is 0 Å². The number of piperazine rings is 2. The second kappa shape index (κ2) is 17.7. The fourth-order valence-electron chi connectivity index (χ4n) is 6.71. The first kappa shape index (κ1) is 39.5. The van der Waals surface area contributed by atoms with Crippen LogP contribution in [0, 0.1) is 39.3 Å². The first-order valence-electron chi connectivity index (χ1n) is 17.7. The number of aromatic amines is 2. The summed E-state index contributed by atoms with van der Waals surface area (Å²) in [6, 6.07) is 18.5. The number of aromatic nitrogens is 2. The van der Waals surface area contributed by atoms with Gasteiger partial charge in [-0.15, -0.1) is 0 Å². The van der Waals surface area contributed by atoms with Crippen LogP contribution >= 0.6 is 0 Å². The first-order valence-corrected chi connectivity index (χ1v) is 17.7. The van der Waals surface area contributed by atoms with Gasteiger partial charge < -0.3 is 25.3 Å². The van der Waals surface area contributed by atoms with E-state index < -0.39 is 5.97 Å². The van der Waals surface area contributed by atoms with Crippen molar-refractivity contribution >= 4 is 11.9 Å². The summed E-state index contributed by atoms with van der Waals surface area (Å²) in [7, 11) is 0. The van der Waals surface area contributed by atoms with E-state index >= 15 is 0 Å². The van der Waals surface area contributed by atoms with Gasteiger partial charge in [0.1, 0.15) is 11.6 Å². The molecule has 4 N–H and O–H groups in total. The minimum absolute atomic E-state index is 0.0997. The van der Waals surface area contributed by atoms with Crippen molar-refractivity contribution in [3.8, 4) is 0 Å². The predicted molar refractivity (Wildman–Crippen MR) is 198 cm³/mol. The van der Waals surface area contributed by atoms with Crippen LogP contribution in [0.4, 0.5) is 8.78 Å². The molecule has 0 unspecified atom stereocenters. The highest BCUT2D eigenvalue weighted by Crippen LogP contribution is 2.22. The molecule has 0 saturated carbocycles. The number of H-pyrrole nitrogens is 2. The number of hydrogen-bond donors (Lipinski definition) is 4. The zero-order valence-electron chi connectivity index (χ0n) is 31.2. The standard InChI is InChI=1S/C20H26FN3O.C13H19FN2.C7H9NO2/c1-13-9-19(16(4)22-13)20(25)24-11-14(2)23(10-15(24)3)12-17-5-7-18(21)8-6-17;1-10-8-16(11(2)7-15-10)9-12-3-5-13(14)6-4-12;1-4-3-6(7(9)10)5(2)8-4/h5-9,14-15,22H,10-12H2,1-4H3;3-6,10-11,15H,7-9H2,1-2H3;3,8H,1-2H3,(H,9,10)/t14-,15+;10-,11+;/m01./s1. The van der Waals surface area contributed by atoms with Gasteiger partial charge in [-0.25, -0.2) is 13.6 Å². The normalized spacial score (nSPS) is 20.9. The van der Waals surface area contributed by atoms with Gasteiger partial charge >= 0.3 is 5.97 Å². The lowest BCUT2D eigenvalue weighted by Crippen LogP contribution is -2.57. The maximum Gasteiger partial charge on any atom is 0.337 e. The Bertz CT molecular complexity index is 1740. The molecule has 0 bridgehead atoms. The number of rotatable bonds is 6. The first-order chi connectivity index (χ1) is 24.1. The second-order valence-electron chi connectivity index (χ2n) is 14.2. The van der Waals surface area contributed by atoms with Gasteiger partial charge in [0.25, 0.3) is 5.91 Å². The zero-order valence-corrected chi connectivity index (χ0v) is 31.2. The highest BCUT2D eigenvalue weighted by molar-refractivity contribution is 5.96. The van der Waals surface area contributed by atoms with Crippen molar-refractivity contribution in [3.05, 3.63) is 117 Å². The van der Waals surface area contributed by atoms with E-state index in [1.165, 1.54) is 29.8 Å². The molecule has 4 atom stereocenters. The summed E-state index contributed by atoms with van der Waals surface area (Å²) >= 11 is 0. The number of carbonyl (C=O) groups is 2. The Balaban J connectivity index is 0.000000191. The van der Waals surface area contributed by atoms with Crippen LogP contribution in [0.15, 0.2) is 60.7 Å². The molecule has 51 heavy (non-hydrogen) atoms. The smallest absolute Gasteiger partial charge is 0.337 e. The van der Waals surface area contributed by atoms with Crippen molar-refractivity contribution in [1.29, 1.82) is 0 Å². The quantitative estimate of drug-likeness (QED) is 0.175. The molecule has 2 aliphatic rings. The monoisotopic (exact) mass is 704 g/mol. The van der Waals surface area contributed by atoms with E-state index in [9.17, 15) is 18.4 Å². The number of nitrogens with one attached hydrogen (secondary N) is 3. The molecule has 2 aliphatic heterocycles. The van der Waals surface area contributed by atoms with Crippen molar-refractivity contribution in [3.63, 3.8) is 0 Å². The Morgan fingerprint density at radius 1 is 0.686 bits per heavy atom. The van der Waals surface area contributed by atoms with Gasteiger partial charge in [-0.1, -0.05) is 24.3 Å². The Kier molecular flexibility index (Phi) is 13.7. The molecule has 4 aromatic rings. The Morgan fingerprint density at radius 3 is 1.59 bits per heavy atom. The van der Waals surface area contributed by atoms with Crippen molar-refractivity contribution in [1.82, 2.24) is 30.0 Å². The van der Waals surface area contributed by atoms with Crippen LogP contribution in [0.2, 0.25) is 0 Å². The number of aryl methyl sites for hydroxylation is 4. The van der Waals surface area contributed by atoms with Gasteiger partial charge in [-0.2, -0.15) is 0 Å². The Morgan fingerprint density at radius 2 is 1.16 bits per heavy atom. The molecule has 4 heterocycles. The van der Waals surface area contributed by atoms with Crippen LogP contribution < -0.4 is 5.32 Å². The number of nitrogens with zero attached hydrogens (tertiary/aromatic N) is 3. The summed E-state index contributed by atoms with van der Waals surface area (Å²) in [5, 5.41) is 12.0. The van der Waals surface area contributed by atoms with E-state index in [1.54, 1.807) is 13.0 Å². The van der Waals surface area contributed by atoms with Gasteiger partial charge in [0, 0.05) is 86.2 Å². The van der Waals surface area contributed by atoms with E-state index in [-0.39, 0.29) is 29.6 Å². The summed E-state index contributed by atoms with van der Waals surface area (Å²) in [6.45, 7) is 21.4. The molecular weight excluding hydrogens is 650 g/mol. The molecule has 2 saturated heterocycles. The lowest BCUT2D eigenvalue weighted by atomic mass is 10.0. The molecule has 1 amide bonds. The Labute approximate surface area is 301 Å². The number of carboxylic acid groups (broad SMARTS) is 1. The highest BCUT2D eigenvalue weighted by atomic mass is 19.1. The van der Waals surface area contributed by atoms with Crippen molar-refractivity contribution < 1.29 is 23.5 Å². The molecule has 9 nitrogen and oxygen atoms in total. The molecule has 2 aromatic carbocycles. The molecule has 11 heteroatoms. The zero-order chi connectivity index (χ0) is 37.4. The van der Waals surface area contributed by atoms with Gasteiger partial charge in [0.15, 0.2) is 0 Å². The molecule has 2 aromatic heterocycles. The molecule has 2 fully saturated rings. The van der Waals surface area contributed by atoms with Crippen LogP contribution in [-0.2, 0) is 13.1 Å². The van der Waals surface area contributed by atoms with E-state index in [0.29, 0.717) is 29.9 Å². The summed E-state index contributed by atoms with van der Waals surface area (Å²) in [4.78, 5) is 36.2. The van der Waals surface area contributed by atoms with Crippen LogP contribution in [0.1, 0.15) is 82.3 Å². The number of halogens is 2. The van der Waals surface area contributed by atoms with E-state index in [2.05, 4.69) is 52.8 Å². The number of aromatic carboxylic acids is 1. The summed E-state index contributed by atoms with van der Waals surface area (Å²) in [5.74, 6) is -1.15. The van der Waals surface area contributed by atoms with E-state index in [0.717, 1.165) is 60.9 Å². The molecule has 0 spiro atoms. The van der Waals surface area contributed by atoms with Crippen molar-refractivity contribution in [2.24, 2.45) is 0 Å². The third-order valence-electron chi connectivity index (χ3n) is 9.63. The SMILES string of the molecule is C[C@@H]1CN(Cc2ccc(F)cc2)[C@@H](C)CN1.Cc1cc(C(=O)N2C[C@H](C)N(Cc3ccc(F)cc3)C[C@H]2C)c(C)[nH]1.Cc1cc(C(=O)O)c(C)[nH]1. The maximum atomic E-state index is 13.1. The maximum absolute atomic E-state index is 13.1. The van der Waals surface area contributed by atoms with Crippen LogP contribution in [-0.4, -0.2) is 92.0 Å². The topological polar surface area (TPSA) is 108 Å². The third-order valence-corrected chi connectivity index (χ3v) is 9.63. The lowest BCUT2D eigenvalue weighted by Gasteiger charge is -2.44. The van der Waals surface area contributed by atoms with Gasteiger partial charge in [0.05, 0.1) is 11.1 Å². The number of hydrogen-bond acceptors (Lipinski definition) is 5. The number of carboxylic acids is 1. The summed E-state index contributed by atoms with van der Waals surface area (Å²) < 4.78 is 25.9. The fourth-order valence-corrected chi connectivity index (χ4v) is 6.71. The predicted octanol–water partition coefficient (Wildman–Crippen LogP) is 6.84. The number of amides is 1. The lowest BCUT2D eigenvalue weighted by molar-refractivity contribution is 0.0290. The number of benzene rings is 2. The molecule has 276 valence electrons. The van der Waals surface area contributed by atoms with Gasteiger partial charge in [0.2, 0.25) is 0 Å². The van der Waals surface area contributed by atoms with Crippen LogP contribution in [0.3, 0.4) is 0 Å². The van der Waals surface area contributed by atoms with Gasteiger partial charge in [-0.05, 0) is 103 Å². The number of carbonyl (C=O) groups excluding carboxylic acids is 1. The largest absolute Gasteiger partial charge is 0.478 e. The molecule has 6 rings (SSSR count). The third kappa shape index (κ3) is 11.1. The van der Waals surface area contributed by atoms with E-state index in [4.69, 9.17) is 5.11 Å². The molecule has 0 radical (unpaired) electrons. The summed E-state index contributed by atoms with van der Waals surface area (Å²) in [5.41, 5.74) is 6.94. The fraction of sp³-hybridized carbons (Fsp3) is 0.450. The van der Waals surface area contributed by atoms with E-state index in [1.807, 2.05) is 56.0 Å². The molecular formula is C40H54F2N6O3. The van der Waals surface area contributed by atoms with Crippen molar-refractivity contribution in [2.45, 2.75) is 92.6 Å². The Hall–Kier alpha value is -4.32. The molecule has 0 aliphatic carbocycles. The summed E-state index contributed by atoms with van der Waals surface area (Å²) in [6.07, 6.45) is 0. The average molecular weight is 705 g/mol. The van der Waals surface area contributed by atoms with Crippen molar-refractivity contribution in [2.75, 3.05) is 26.2 Å². The average Bonchev–Trinajstić information content (AvgIpc) is 3.61.